The summed E-state index contributed by atoms with van der Waals surface area (Å²) in [7, 11) is 0. The average Bonchev–Trinajstić information content (AvgIpc) is 2.74. The van der Waals surface area contributed by atoms with E-state index in [0.717, 1.165) is 6.07 Å². The van der Waals surface area contributed by atoms with Gasteiger partial charge in [-0.25, -0.2) is 19.2 Å². The molecule has 0 radical (unpaired) electrons. The fraction of sp³-hybridized carbons (Fsp3) is 0.273. The molecule has 158 valence electrons. The van der Waals surface area contributed by atoms with Crippen LogP contribution in [0, 0.1) is 0 Å². The monoisotopic (exact) mass is 414 g/mol. The van der Waals surface area contributed by atoms with Crippen LogP contribution in [0.2, 0.25) is 0 Å². The topological polar surface area (TPSA) is 149 Å². The summed E-state index contributed by atoms with van der Waals surface area (Å²) in [5.74, 6) is -7.04. The number of hydrogen-bond acceptors (Lipinski definition) is 4. The molecular formula is C22H22O8. The molecule has 1 fully saturated rings. The normalized spacial score (nSPS) is 12.9. The Bertz CT molecular complexity index is 947. The molecule has 4 N–H and O–H groups in total. The molecule has 0 spiro atoms. The van der Waals surface area contributed by atoms with Crippen molar-refractivity contribution < 1.29 is 39.6 Å². The summed E-state index contributed by atoms with van der Waals surface area (Å²) in [5.41, 5.74) is -3.68. The first-order valence-corrected chi connectivity index (χ1v) is 9.45. The highest BCUT2D eigenvalue weighted by atomic mass is 16.4. The van der Waals surface area contributed by atoms with Crippen LogP contribution in [-0.4, -0.2) is 44.3 Å². The lowest BCUT2D eigenvalue weighted by Gasteiger charge is -2.14. The summed E-state index contributed by atoms with van der Waals surface area (Å²) in [6, 6.07) is 8.50. The van der Waals surface area contributed by atoms with Gasteiger partial charge in [0.15, 0.2) is 0 Å². The Balaban J connectivity index is 0.000000456. The fourth-order valence-corrected chi connectivity index (χ4v) is 3.42. The highest BCUT2D eigenvalue weighted by Crippen LogP contribution is 2.32. The Labute approximate surface area is 172 Å². The standard InChI is InChI=1S/C16H10O8.C6H12/c17-13(18)9-6-8(7-4-2-1-3-5-7)10(14(19)20)12(16(23)24)11(9)15(21)22;1-2-4-6-5-3-1/h1-6H,(H,17,18)(H,19,20)(H,21,22)(H,23,24);1-6H2. The molecule has 8 heteroatoms. The van der Waals surface area contributed by atoms with E-state index >= 15 is 0 Å². The van der Waals surface area contributed by atoms with E-state index < -0.39 is 46.1 Å². The molecule has 2 aromatic rings. The van der Waals surface area contributed by atoms with Crippen molar-refractivity contribution in [3.05, 3.63) is 58.7 Å². The van der Waals surface area contributed by atoms with Gasteiger partial charge in [-0.15, -0.1) is 0 Å². The van der Waals surface area contributed by atoms with Crippen LogP contribution >= 0.6 is 0 Å². The fourth-order valence-electron chi connectivity index (χ4n) is 3.42. The van der Waals surface area contributed by atoms with E-state index in [4.69, 9.17) is 0 Å². The van der Waals surface area contributed by atoms with Crippen LogP contribution in [0.1, 0.15) is 80.0 Å². The van der Waals surface area contributed by atoms with Crippen molar-refractivity contribution in [2.45, 2.75) is 38.5 Å². The molecule has 3 rings (SSSR count). The maximum Gasteiger partial charge on any atom is 0.337 e. The average molecular weight is 414 g/mol. The molecule has 1 saturated carbocycles. The quantitative estimate of drug-likeness (QED) is 0.559. The predicted molar refractivity (Wildman–Crippen MR) is 107 cm³/mol. The van der Waals surface area contributed by atoms with E-state index in [0.29, 0.717) is 0 Å². The summed E-state index contributed by atoms with van der Waals surface area (Å²) in [4.78, 5) is 45.8. The number of carbonyl (C=O) groups is 4. The van der Waals surface area contributed by atoms with Gasteiger partial charge < -0.3 is 20.4 Å². The second kappa shape index (κ2) is 10.2. The van der Waals surface area contributed by atoms with Crippen LogP contribution in [0.15, 0.2) is 36.4 Å². The second-order valence-corrected chi connectivity index (χ2v) is 6.80. The van der Waals surface area contributed by atoms with E-state index in [2.05, 4.69) is 0 Å². The highest BCUT2D eigenvalue weighted by Gasteiger charge is 2.32. The summed E-state index contributed by atoms with van der Waals surface area (Å²) in [6.07, 6.45) is 9.00. The van der Waals surface area contributed by atoms with E-state index in [1.54, 1.807) is 18.2 Å². The number of aromatic carboxylic acids is 4. The Hall–Kier alpha value is -3.68. The molecule has 0 atom stereocenters. The molecule has 0 unspecified atom stereocenters. The third-order valence-corrected chi connectivity index (χ3v) is 4.78. The minimum absolute atomic E-state index is 0.192. The molecule has 0 heterocycles. The van der Waals surface area contributed by atoms with Gasteiger partial charge in [-0.05, 0) is 17.2 Å². The maximum atomic E-state index is 11.6. The molecule has 0 bridgehead atoms. The third kappa shape index (κ3) is 5.22. The van der Waals surface area contributed by atoms with Gasteiger partial charge in [0.25, 0.3) is 0 Å². The summed E-state index contributed by atoms with van der Waals surface area (Å²) in [6.45, 7) is 0. The van der Waals surface area contributed by atoms with Crippen molar-refractivity contribution in [2.75, 3.05) is 0 Å². The van der Waals surface area contributed by atoms with Crippen molar-refractivity contribution in [3.63, 3.8) is 0 Å². The first-order valence-electron chi connectivity index (χ1n) is 9.45. The zero-order chi connectivity index (χ0) is 22.3. The summed E-state index contributed by atoms with van der Waals surface area (Å²) in [5, 5.41) is 37.1. The van der Waals surface area contributed by atoms with E-state index in [9.17, 15) is 39.6 Å². The largest absolute Gasteiger partial charge is 0.478 e. The van der Waals surface area contributed by atoms with Crippen LogP contribution in [-0.2, 0) is 0 Å². The van der Waals surface area contributed by atoms with Crippen molar-refractivity contribution >= 4 is 23.9 Å². The highest BCUT2D eigenvalue weighted by molar-refractivity contribution is 6.16. The first-order chi connectivity index (χ1) is 14.3. The Morgan fingerprint density at radius 1 is 0.567 bits per heavy atom. The van der Waals surface area contributed by atoms with Crippen LogP contribution in [0.4, 0.5) is 0 Å². The molecule has 1 aliphatic rings. The number of benzene rings is 2. The first kappa shape index (κ1) is 22.6. The Morgan fingerprint density at radius 2 is 1.00 bits per heavy atom. The van der Waals surface area contributed by atoms with E-state index in [-0.39, 0.29) is 11.1 Å². The molecule has 8 nitrogen and oxygen atoms in total. The van der Waals surface area contributed by atoms with Crippen molar-refractivity contribution in [3.8, 4) is 11.1 Å². The van der Waals surface area contributed by atoms with Gasteiger partial charge in [-0.1, -0.05) is 68.9 Å². The molecular weight excluding hydrogens is 392 g/mol. The zero-order valence-corrected chi connectivity index (χ0v) is 16.1. The Kier molecular flexibility index (Phi) is 7.69. The number of rotatable bonds is 5. The van der Waals surface area contributed by atoms with E-state index in [1.165, 1.54) is 50.7 Å². The van der Waals surface area contributed by atoms with Gasteiger partial charge >= 0.3 is 23.9 Å². The van der Waals surface area contributed by atoms with Crippen molar-refractivity contribution in [2.24, 2.45) is 0 Å². The third-order valence-electron chi connectivity index (χ3n) is 4.78. The lowest BCUT2D eigenvalue weighted by atomic mass is 9.88. The van der Waals surface area contributed by atoms with E-state index in [1.807, 2.05) is 0 Å². The number of carboxylic acid groups (broad SMARTS) is 4. The van der Waals surface area contributed by atoms with Crippen LogP contribution in [0.25, 0.3) is 11.1 Å². The minimum atomic E-state index is -1.84. The molecule has 1 aliphatic carbocycles. The predicted octanol–water partition coefficient (Wildman–Crippen LogP) is 4.49. The summed E-state index contributed by atoms with van der Waals surface area (Å²) >= 11 is 0. The van der Waals surface area contributed by atoms with Crippen molar-refractivity contribution in [1.82, 2.24) is 0 Å². The summed E-state index contributed by atoms with van der Waals surface area (Å²) < 4.78 is 0. The van der Waals surface area contributed by atoms with Gasteiger partial charge in [0.1, 0.15) is 0 Å². The molecule has 0 amide bonds. The minimum Gasteiger partial charge on any atom is -0.478 e. The molecule has 2 aromatic carbocycles. The van der Waals surface area contributed by atoms with Gasteiger partial charge in [0.05, 0.1) is 22.3 Å². The maximum absolute atomic E-state index is 11.6. The lowest BCUT2D eigenvalue weighted by molar-refractivity contribution is 0.0620. The molecule has 0 aromatic heterocycles. The van der Waals surface area contributed by atoms with Gasteiger partial charge in [0, 0.05) is 0 Å². The zero-order valence-electron chi connectivity index (χ0n) is 16.1. The SMILES string of the molecule is C1CCCCC1.O=C(O)c1cc(-c2ccccc2)c(C(=O)O)c(C(=O)O)c1C(=O)O. The lowest BCUT2D eigenvalue weighted by Crippen LogP contribution is -2.20. The number of carboxylic acids is 4. The second-order valence-electron chi connectivity index (χ2n) is 6.80. The molecule has 0 aliphatic heterocycles. The van der Waals surface area contributed by atoms with Gasteiger partial charge in [-0.2, -0.15) is 0 Å². The van der Waals surface area contributed by atoms with Gasteiger partial charge in [0.2, 0.25) is 0 Å². The number of hydrogen-bond donors (Lipinski definition) is 4. The smallest absolute Gasteiger partial charge is 0.337 e. The van der Waals surface area contributed by atoms with Crippen LogP contribution in [0.3, 0.4) is 0 Å². The van der Waals surface area contributed by atoms with Crippen LogP contribution < -0.4 is 0 Å². The van der Waals surface area contributed by atoms with Crippen LogP contribution in [0.5, 0.6) is 0 Å². The van der Waals surface area contributed by atoms with Gasteiger partial charge in [-0.3, -0.25) is 0 Å². The molecule has 30 heavy (non-hydrogen) atoms. The molecule has 0 saturated heterocycles. The van der Waals surface area contributed by atoms with Crippen molar-refractivity contribution in [1.29, 1.82) is 0 Å². The Morgan fingerprint density at radius 3 is 1.37 bits per heavy atom.